The van der Waals surface area contributed by atoms with Gasteiger partial charge in [-0.25, -0.2) is 0 Å². The highest BCUT2D eigenvalue weighted by Gasteiger charge is 2.11. The van der Waals surface area contributed by atoms with Crippen molar-refractivity contribution in [3.05, 3.63) is 33.8 Å². The van der Waals surface area contributed by atoms with E-state index in [1.807, 2.05) is 19.2 Å². The van der Waals surface area contributed by atoms with Crippen LogP contribution in [-0.2, 0) is 0 Å². The second-order valence-electron chi connectivity index (χ2n) is 2.96. The van der Waals surface area contributed by atoms with Gasteiger partial charge >= 0.3 is 0 Å². The van der Waals surface area contributed by atoms with E-state index in [1.165, 1.54) is 0 Å². The maximum absolute atomic E-state index is 6.11. The summed E-state index contributed by atoms with van der Waals surface area (Å²) in [6.07, 6.45) is 2.08. The number of nitrogens with one attached hydrogen (secondary N) is 1. The van der Waals surface area contributed by atoms with Gasteiger partial charge < -0.3 is 5.32 Å². The monoisotopic (exact) mass is 249 g/mol. The van der Waals surface area contributed by atoms with E-state index in [-0.39, 0.29) is 6.04 Å². The van der Waals surface area contributed by atoms with Crippen LogP contribution >= 0.6 is 35.0 Å². The van der Waals surface area contributed by atoms with E-state index in [0.29, 0.717) is 5.02 Å². The van der Waals surface area contributed by atoms with Crippen molar-refractivity contribution in [1.29, 1.82) is 0 Å². The average Bonchev–Trinajstić information content (AvgIpc) is 2.15. The predicted octanol–water partition coefficient (Wildman–Crippen LogP) is 3.62. The van der Waals surface area contributed by atoms with Gasteiger partial charge in [-0.3, -0.25) is 0 Å². The van der Waals surface area contributed by atoms with Crippen LogP contribution in [0.4, 0.5) is 0 Å². The lowest BCUT2D eigenvalue weighted by molar-refractivity contribution is 0.662. The standard InChI is InChI=1S/C10H13Cl2NS/c1-13-10(6-14-2)8-4-3-7(11)5-9(8)12/h3-5,10,13H,6H2,1-2H3. The second kappa shape index (κ2) is 5.86. The Morgan fingerprint density at radius 1 is 1.43 bits per heavy atom. The zero-order valence-corrected chi connectivity index (χ0v) is 10.5. The summed E-state index contributed by atoms with van der Waals surface area (Å²) in [5.41, 5.74) is 1.10. The lowest BCUT2D eigenvalue weighted by Crippen LogP contribution is -2.18. The number of hydrogen-bond acceptors (Lipinski definition) is 2. The molecule has 1 aromatic rings. The Hall–Kier alpha value is 0.110. The van der Waals surface area contributed by atoms with Crippen molar-refractivity contribution in [3.63, 3.8) is 0 Å². The fourth-order valence-electron chi connectivity index (χ4n) is 1.28. The SMILES string of the molecule is CNC(CSC)c1ccc(Cl)cc1Cl. The molecule has 1 atom stereocenters. The quantitative estimate of drug-likeness (QED) is 0.875. The predicted molar refractivity (Wildman–Crippen MR) is 66.6 cm³/mol. The molecule has 1 nitrogen and oxygen atoms in total. The fourth-order valence-corrected chi connectivity index (χ4v) is 2.50. The minimum Gasteiger partial charge on any atom is -0.312 e. The minimum atomic E-state index is 0.287. The van der Waals surface area contributed by atoms with Gasteiger partial charge in [-0.15, -0.1) is 0 Å². The molecule has 0 fully saturated rings. The number of rotatable bonds is 4. The molecule has 0 saturated carbocycles. The van der Waals surface area contributed by atoms with Crippen LogP contribution in [0, 0.1) is 0 Å². The Morgan fingerprint density at radius 2 is 2.14 bits per heavy atom. The second-order valence-corrected chi connectivity index (χ2v) is 4.72. The van der Waals surface area contributed by atoms with Gasteiger partial charge in [0.2, 0.25) is 0 Å². The summed E-state index contributed by atoms with van der Waals surface area (Å²) >= 11 is 13.7. The van der Waals surface area contributed by atoms with Gasteiger partial charge in [0.25, 0.3) is 0 Å². The highest BCUT2D eigenvalue weighted by Crippen LogP contribution is 2.27. The zero-order chi connectivity index (χ0) is 10.6. The number of benzene rings is 1. The van der Waals surface area contributed by atoms with Crippen molar-refractivity contribution < 1.29 is 0 Å². The van der Waals surface area contributed by atoms with Crippen LogP contribution in [-0.4, -0.2) is 19.1 Å². The number of thioether (sulfide) groups is 1. The molecule has 1 unspecified atom stereocenters. The van der Waals surface area contributed by atoms with Gasteiger partial charge in [-0.2, -0.15) is 11.8 Å². The summed E-state index contributed by atoms with van der Waals surface area (Å²) in [6.45, 7) is 0. The van der Waals surface area contributed by atoms with E-state index in [1.54, 1.807) is 17.8 Å². The van der Waals surface area contributed by atoms with Gasteiger partial charge in [-0.1, -0.05) is 29.3 Å². The molecule has 0 bridgehead atoms. The topological polar surface area (TPSA) is 12.0 Å². The Labute approximate surface area is 99.2 Å². The highest BCUT2D eigenvalue weighted by molar-refractivity contribution is 7.98. The molecule has 1 aromatic carbocycles. The summed E-state index contributed by atoms with van der Waals surface area (Å²) in [6, 6.07) is 5.91. The third-order valence-electron chi connectivity index (χ3n) is 2.02. The molecule has 0 aliphatic heterocycles. The summed E-state index contributed by atoms with van der Waals surface area (Å²) in [5, 5.41) is 4.64. The van der Waals surface area contributed by atoms with Gasteiger partial charge in [0, 0.05) is 21.8 Å². The zero-order valence-electron chi connectivity index (χ0n) is 8.18. The van der Waals surface area contributed by atoms with Crippen molar-refractivity contribution in [2.45, 2.75) is 6.04 Å². The van der Waals surface area contributed by atoms with Crippen LogP contribution in [0.15, 0.2) is 18.2 Å². The van der Waals surface area contributed by atoms with Crippen molar-refractivity contribution in [1.82, 2.24) is 5.32 Å². The molecule has 0 aliphatic carbocycles. The average molecular weight is 250 g/mol. The van der Waals surface area contributed by atoms with Gasteiger partial charge in [-0.05, 0) is 31.0 Å². The lowest BCUT2D eigenvalue weighted by Gasteiger charge is -2.16. The van der Waals surface area contributed by atoms with Crippen LogP contribution in [0.25, 0.3) is 0 Å². The first-order valence-electron chi connectivity index (χ1n) is 4.30. The summed E-state index contributed by atoms with van der Waals surface area (Å²) in [4.78, 5) is 0. The molecule has 0 spiro atoms. The van der Waals surface area contributed by atoms with Crippen LogP contribution in [0.2, 0.25) is 10.0 Å². The Balaban J connectivity index is 2.92. The van der Waals surface area contributed by atoms with Crippen LogP contribution in [0.3, 0.4) is 0 Å². The molecule has 4 heteroatoms. The van der Waals surface area contributed by atoms with Crippen molar-refractivity contribution in [3.8, 4) is 0 Å². The molecule has 0 aliphatic rings. The molecular formula is C10H13Cl2NS. The lowest BCUT2D eigenvalue weighted by atomic mass is 10.1. The maximum Gasteiger partial charge on any atom is 0.0468 e. The van der Waals surface area contributed by atoms with Gasteiger partial charge in [0.1, 0.15) is 0 Å². The summed E-state index contributed by atoms with van der Waals surface area (Å²) < 4.78 is 0. The van der Waals surface area contributed by atoms with Crippen molar-refractivity contribution in [2.24, 2.45) is 0 Å². The molecule has 1 rings (SSSR count). The first-order valence-corrected chi connectivity index (χ1v) is 6.45. The summed E-state index contributed by atoms with van der Waals surface area (Å²) in [5.74, 6) is 0.998. The largest absolute Gasteiger partial charge is 0.312 e. The molecule has 0 amide bonds. The number of hydrogen-bond donors (Lipinski definition) is 1. The molecular weight excluding hydrogens is 237 g/mol. The number of halogens is 2. The van der Waals surface area contributed by atoms with E-state index < -0.39 is 0 Å². The molecule has 0 heterocycles. The summed E-state index contributed by atoms with van der Waals surface area (Å²) in [7, 11) is 1.94. The van der Waals surface area contributed by atoms with E-state index in [2.05, 4.69) is 11.6 Å². The van der Waals surface area contributed by atoms with Crippen molar-refractivity contribution in [2.75, 3.05) is 19.1 Å². The van der Waals surface area contributed by atoms with Crippen LogP contribution < -0.4 is 5.32 Å². The van der Waals surface area contributed by atoms with Gasteiger partial charge in [0.15, 0.2) is 0 Å². The Kier molecular flexibility index (Phi) is 5.10. The van der Waals surface area contributed by atoms with Crippen molar-refractivity contribution >= 4 is 35.0 Å². The smallest absolute Gasteiger partial charge is 0.0468 e. The van der Waals surface area contributed by atoms with Crippen LogP contribution in [0.1, 0.15) is 11.6 Å². The van der Waals surface area contributed by atoms with E-state index in [0.717, 1.165) is 16.3 Å². The van der Waals surface area contributed by atoms with E-state index >= 15 is 0 Å². The molecule has 78 valence electrons. The van der Waals surface area contributed by atoms with Gasteiger partial charge in [0.05, 0.1) is 0 Å². The fraction of sp³-hybridized carbons (Fsp3) is 0.400. The molecule has 14 heavy (non-hydrogen) atoms. The maximum atomic E-state index is 6.11. The molecule has 0 aromatic heterocycles. The molecule has 0 saturated heterocycles. The third kappa shape index (κ3) is 3.06. The normalized spacial score (nSPS) is 12.9. The van der Waals surface area contributed by atoms with E-state index in [4.69, 9.17) is 23.2 Å². The minimum absolute atomic E-state index is 0.287. The van der Waals surface area contributed by atoms with Crippen LogP contribution in [0.5, 0.6) is 0 Å². The Morgan fingerprint density at radius 3 is 2.64 bits per heavy atom. The Bertz CT molecular complexity index is 304. The molecule has 1 N–H and O–H groups in total. The first kappa shape index (κ1) is 12.2. The highest BCUT2D eigenvalue weighted by atomic mass is 35.5. The first-order chi connectivity index (χ1) is 6.69. The third-order valence-corrected chi connectivity index (χ3v) is 3.25. The van der Waals surface area contributed by atoms with E-state index in [9.17, 15) is 0 Å². The molecule has 0 radical (unpaired) electrons.